The molecule has 4 heteroatoms. The second kappa shape index (κ2) is 7.71. The minimum atomic E-state index is -0.481. The molecule has 1 heterocycles. The predicted molar refractivity (Wildman–Crippen MR) is 56.1 cm³/mol. The number of ether oxygens (including phenoxy) is 1. The third-order valence-electron chi connectivity index (χ3n) is 1.45. The molecular formula is C10H15ClFNO. The summed E-state index contributed by atoms with van der Waals surface area (Å²) >= 11 is 5.40. The SMILES string of the molecule is CC.COCCc1cnc(Cl)c(F)c1. The molecule has 0 aliphatic rings. The van der Waals surface area contributed by atoms with Gasteiger partial charge < -0.3 is 4.74 Å². The van der Waals surface area contributed by atoms with Gasteiger partial charge in [0.1, 0.15) is 0 Å². The van der Waals surface area contributed by atoms with Gasteiger partial charge in [-0.1, -0.05) is 25.4 Å². The molecule has 0 unspecified atom stereocenters. The smallest absolute Gasteiger partial charge is 0.164 e. The third kappa shape index (κ3) is 4.53. The minimum absolute atomic E-state index is 0.0869. The zero-order chi connectivity index (χ0) is 11.0. The summed E-state index contributed by atoms with van der Waals surface area (Å²) in [5.41, 5.74) is 0.791. The number of halogens is 2. The van der Waals surface area contributed by atoms with E-state index in [-0.39, 0.29) is 5.15 Å². The van der Waals surface area contributed by atoms with Crippen LogP contribution in [0.2, 0.25) is 5.15 Å². The molecule has 0 radical (unpaired) electrons. The fourth-order valence-corrected chi connectivity index (χ4v) is 0.921. The van der Waals surface area contributed by atoms with Gasteiger partial charge in [0.05, 0.1) is 6.61 Å². The van der Waals surface area contributed by atoms with E-state index in [4.69, 9.17) is 16.3 Å². The number of nitrogens with zero attached hydrogens (tertiary/aromatic N) is 1. The van der Waals surface area contributed by atoms with Crippen molar-refractivity contribution >= 4 is 11.6 Å². The molecular weight excluding hydrogens is 205 g/mol. The lowest BCUT2D eigenvalue weighted by Gasteiger charge is -2.00. The summed E-state index contributed by atoms with van der Waals surface area (Å²) in [7, 11) is 1.60. The Balaban J connectivity index is 0.000000791. The van der Waals surface area contributed by atoms with Crippen LogP contribution >= 0.6 is 11.6 Å². The molecule has 0 atom stereocenters. The zero-order valence-corrected chi connectivity index (χ0v) is 9.44. The molecule has 1 aromatic rings. The summed E-state index contributed by atoms with van der Waals surface area (Å²) < 4.78 is 17.6. The Morgan fingerprint density at radius 2 is 2.14 bits per heavy atom. The highest BCUT2D eigenvalue weighted by atomic mass is 35.5. The monoisotopic (exact) mass is 219 g/mol. The van der Waals surface area contributed by atoms with Crippen molar-refractivity contribution in [2.24, 2.45) is 0 Å². The first-order chi connectivity index (χ1) is 6.74. The van der Waals surface area contributed by atoms with E-state index in [9.17, 15) is 4.39 Å². The van der Waals surface area contributed by atoms with Crippen LogP contribution in [0.3, 0.4) is 0 Å². The number of pyridine rings is 1. The van der Waals surface area contributed by atoms with E-state index < -0.39 is 5.82 Å². The van der Waals surface area contributed by atoms with Crippen LogP contribution in [0.4, 0.5) is 4.39 Å². The van der Waals surface area contributed by atoms with Gasteiger partial charge >= 0.3 is 0 Å². The van der Waals surface area contributed by atoms with Crippen LogP contribution in [0.15, 0.2) is 12.3 Å². The Hall–Kier alpha value is -0.670. The first-order valence-electron chi connectivity index (χ1n) is 4.53. The van der Waals surface area contributed by atoms with Crippen molar-refractivity contribution in [3.05, 3.63) is 28.8 Å². The van der Waals surface area contributed by atoms with E-state index in [0.29, 0.717) is 13.0 Å². The molecule has 0 fully saturated rings. The van der Waals surface area contributed by atoms with Crippen molar-refractivity contribution in [3.63, 3.8) is 0 Å². The maximum atomic E-state index is 12.8. The van der Waals surface area contributed by atoms with Gasteiger partial charge in [0, 0.05) is 13.3 Å². The lowest BCUT2D eigenvalue weighted by molar-refractivity contribution is 0.202. The number of aromatic nitrogens is 1. The summed E-state index contributed by atoms with van der Waals surface area (Å²) in [4.78, 5) is 3.67. The van der Waals surface area contributed by atoms with Crippen molar-refractivity contribution in [2.75, 3.05) is 13.7 Å². The highest BCUT2D eigenvalue weighted by Gasteiger charge is 2.01. The highest BCUT2D eigenvalue weighted by molar-refractivity contribution is 6.29. The van der Waals surface area contributed by atoms with E-state index >= 15 is 0 Å². The Morgan fingerprint density at radius 3 is 2.64 bits per heavy atom. The van der Waals surface area contributed by atoms with E-state index in [1.807, 2.05) is 13.8 Å². The van der Waals surface area contributed by atoms with Gasteiger partial charge in [-0.25, -0.2) is 9.37 Å². The van der Waals surface area contributed by atoms with Crippen LogP contribution in [-0.2, 0) is 11.2 Å². The molecule has 0 N–H and O–H groups in total. The van der Waals surface area contributed by atoms with Gasteiger partial charge in [-0.3, -0.25) is 0 Å². The normalized spacial score (nSPS) is 9.21. The molecule has 0 spiro atoms. The molecule has 0 amide bonds. The molecule has 0 bridgehead atoms. The van der Waals surface area contributed by atoms with Gasteiger partial charge in [0.2, 0.25) is 0 Å². The van der Waals surface area contributed by atoms with Crippen LogP contribution in [0.1, 0.15) is 19.4 Å². The number of methoxy groups -OCH3 is 1. The van der Waals surface area contributed by atoms with Gasteiger partial charge in [-0.15, -0.1) is 0 Å². The average molecular weight is 220 g/mol. The Labute approximate surface area is 89.1 Å². The molecule has 80 valence electrons. The summed E-state index contributed by atoms with van der Waals surface area (Å²) in [6.45, 7) is 4.56. The maximum Gasteiger partial charge on any atom is 0.164 e. The lowest BCUT2D eigenvalue weighted by Crippen LogP contribution is -1.96. The first-order valence-corrected chi connectivity index (χ1v) is 4.90. The predicted octanol–water partition coefficient (Wildman–Crippen LogP) is 3.09. The molecule has 1 aromatic heterocycles. The molecule has 14 heavy (non-hydrogen) atoms. The standard InChI is InChI=1S/C8H9ClFNO.C2H6/c1-12-3-2-6-4-7(10)8(9)11-5-6;1-2/h4-5H,2-3H2,1H3;1-2H3. The van der Waals surface area contributed by atoms with E-state index in [1.165, 1.54) is 6.07 Å². The summed E-state index contributed by atoms with van der Waals surface area (Å²) in [5, 5.41) is -0.0869. The van der Waals surface area contributed by atoms with E-state index in [2.05, 4.69) is 4.98 Å². The van der Waals surface area contributed by atoms with Crippen LogP contribution in [-0.4, -0.2) is 18.7 Å². The fourth-order valence-electron chi connectivity index (χ4n) is 0.817. The first kappa shape index (κ1) is 13.3. The zero-order valence-electron chi connectivity index (χ0n) is 8.68. The van der Waals surface area contributed by atoms with Crippen molar-refractivity contribution in [2.45, 2.75) is 20.3 Å². The van der Waals surface area contributed by atoms with Crippen molar-refractivity contribution < 1.29 is 9.13 Å². The van der Waals surface area contributed by atoms with E-state index in [1.54, 1.807) is 13.3 Å². The maximum absolute atomic E-state index is 12.8. The third-order valence-corrected chi connectivity index (χ3v) is 1.73. The van der Waals surface area contributed by atoms with Gasteiger partial charge in [-0.05, 0) is 18.1 Å². The highest BCUT2D eigenvalue weighted by Crippen LogP contribution is 2.12. The molecule has 0 aliphatic heterocycles. The van der Waals surface area contributed by atoms with Crippen LogP contribution in [0.5, 0.6) is 0 Å². The number of rotatable bonds is 3. The van der Waals surface area contributed by atoms with Crippen molar-refractivity contribution in [3.8, 4) is 0 Å². The number of hydrogen-bond acceptors (Lipinski definition) is 2. The Bertz CT molecular complexity index is 268. The molecule has 1 rings (SSSR count). The summed E-state index contributed by atoms with van der Waals surface area (Å²) in [6, 6.07) is 1.37. The number of hydrogen-bond donors (Lipinski definition) is 0. The van der Waals surface area contributed by atoms with Gasteiger partial charge in [0.25, 0.3) is 0 Å². The molecule has 0 aromatic carbocycles. The fraction of sp³-hybridized carbons (Fsp3) is 0.500. The van der Waals surface area contributed by atoms with Crippen LogP contribution in [0, 0.1) is 5.82 Å². The van der Waals surface area contributed by atoms with Crippen LogP contribution < -0.4 is 0 Å². The quantitative estimate of drug-likeness (QED) is 0.729. The lowest BCUT2D eigenvalue weighted by atomic mass is 10.2. The Morgan fingerprint density at radius 1 is 1.50 bits per heavy atom. The minimum Gasteiger partial charge on any atom is -0.384 e. The van der Waals surface area contributed by atoms with Crippen molar-refractivity contribution in [1.82, 2.24) is 4.98 Å². The Kier molecular flexibility index (Phi) is 7.34. The van der Waals surface area contributed by atoms with Gasteiger partial charge in [-0.2, -0.15) is 0 Å². The summed E-state index contributed by atoms with van der Waals surface area (Å²) in [6.07, 6.45) is 2.20. The van der Waals surface area contributed by atoms with Crippen LogP contribution in [0.25, 0.3) is 0 Å². The topological polar surface area (TPSA) is 22.1 Å². The van der Waals surface area contributed by atoms with Crippen molar-refractivity contribution in [1.29, 1.82) is 0 Å². The second-order valence-corrected chi connectivity index (χ2v) is 2.72. The van der Waals surface area contributed by atoms with E-state index in [0.717, 1.165) is 5.56 Å². The van der Waals surface area contributed by atoms with Gasteiger partial charge in [0.15, 0.2) is 11.0 Å². The average Bonchev–Trinajstić information content (AvgIpc) is 2.23. The molecule has 0 saturated carbocycles. The molecule has 0 aliphatic carbocycles. The molecule has 2 nitrogen and oxygen atoms in total. The summed E-state index contributed by atoms with van der Waals surface area (Å²) in [5.74, 6) is -0.481. The largest absolute Gasteiger partial charge is 0.384 e. The second-order valence-electron chi connectivity index (χ2n) is 2.36. The molecule has 0 saturated heterocycles.